The van der Waals surface area contributed by atoms with Crippen LogP contribution in [0.2, 0.25) is 0 Å². The number of nitrogens with two attached hydrogens (primary N) is 1. The highest BCUT2D eigenvalue weighted by molar-refractivity contribution is 4.51. The lowest BCUT2D eigenvalue weighted by Crippen LogP contribution is -2.49. The van der Waals surface area contributed by atoms with Gasteiger partial charge >= 0.3 is 0 Å². The van der Waals surface area contributed by atoms with Gasteiger partial charge in [-0.05, 0) is 0 Å². The highest BCUT2D eigenvalue weighted by Gasteiger charge is 1.75. The molecule has 0 unspecified atom stereocenters. The van der Waals surface area contributed by atoms with E-state index in [9.17, 15) is 0 Å². The van der Waals surface area contributed by atoms with Gasteiger partial charge in [0.1, 0.15) is 0 Å². The van der Waals surface area contributed by atoms with Crippen molar-refractivity contribution in [3.63, 3.8) is 0 Å². The Kier molecular flexibility index (Phi) is 3.86. The van der Waals surface area contributed by atoms with Gasteiger partial charge in [-0.15, -0.1) is 5.23 Å². The Morgan fingerprint density at radius 2 is 2.29 bits per heavy atom. The zero-order chi connectivity index (χ0) is 5.70. The van der Waals surface area contributed by atoms with Crippen molar-refractivity contribution in [3.8, 4) is 0 Å². The van der Waals surface area contributed by atoms with Crippen molar-refractivity contribution in [2.75, 3.05) is 14.1 Å². The molecule has 0 heterocycles. The van der Waals surface area contributed by atoms with E-state index >= 15 is 0 Å². The Hall–Kier alpha value is -0.200. The zero-order valence-electron chi connectivity index (χ0n) is 4.47. The van der Waals surface area contributed by atoms with Gasteiger partial charge in [-0.1, -0.05) is 0 Å². The average Bonchev–Trinajstić information content (AvgIpc) is 1.68. The standard InChI is InChI=1S/C2H10N5/c1-4-6-7(3)5-2/h5-6H,3H2,1-2H3/q-1. The minimum atomic E-state index is 1.14. The summed E-state index contributed by atoms with van der Waals surface area (Å²) in [6, 6.07) is 0. The third-order valence-electron chi connectivity index (χ3n) is 0.449. The fourth-order valence-electron chi connectivity index (χ4n) is 0.158. The number of hydrogen-bond donors (Lipinski definition) is 3. The van der Waals surface area contributed by atoms with Crippen molar-refractivity contribution in [2.45, 2.75) is 0 Å². The second-order valence-corrected chi connectivity index (χ2v) is 0.917. The normalized spacial score (nSPS) is 10.3. The molecule has 0 aliphatic heterocycles. The summed E-state index contributed by atoms with van der Waals surface area (Å²) in [5, 5.41) is 1.14. The van der Waals surface area contributed by atoms with Crippen LogP contribution in [0.4, 0.5) is 0 Å². The summed E-state index contributed by atoms with van der Waals surface area (Å²) in [6.07, 6.45) is 0. The van der Waals surface area contributed by atoms with Crippen LogP contribution in [-0.4, -0.2) is 19.3 Å². The summed E-state index contributed by atoms with van der Waals surface area (Å²) in [5.74, 6) is 5.10. The maximum atomic E-state index is 5.10. The first-order chi connectivity index (χ1) is 3.31. The third kappa shape index (κ3) is 3.64. The van der Waals surface area contributed by atoms with Crippen molar-refractivity contribution in [2.24, 2.45) is 5.84 Å². The quantitative estimate of drug-likeness (QED) is 0.308. The first-order valence-electron chi connectivity index (χ1n) is 1.88. The molecule has 4 N–H and O–H groups in total. The van der Waals surface area contributed by atoms with Crippen LogP contribution in [-0.2, 0) is 0 Å². The van der Waals surface area contributed by atoms with Crippen molar-refractivity contribution in [1.29, 1.82) is 0 Å². The monoisotopic (exact) mass is 104 g/mol. The second-order valence-electron chi connectivity index (χ2n) is 0.917. The average molecular weight is 104 g/mol. The van der Waals surface area contributed by atoms with Crippen LogP contribution in [0.1, 0.15) is 0 Å². The topological polar surface area (TPSA) is 67.4 Å². The Labute approximate surface area is 42.7 Å². The number of nitrogens with one attached hydrogen (secondary N) is 2. The second kappa shape index (κ2) is 3.97. The molecule has 0 aromatic carbocycles. The van der Waals surface area contributed by atoms with Gasteiger partial charge in [0.05, 0.1) is 0 Å². The molecule has 0 spiro atoms. The van der Waals surface area contributed by atoms with E-state index < -0.39 is 0 Å². The molecule has 0 aliphatic carbocycles. The highest BCUT2D eigenvalue weighted by Crippen LogP contribution is 1.61. The van der Waals surface area contributed by atoms with E-state index in [1.807, 2.05) is 0 Å². The molecule has 5 nitrogen and oxygen atoms in total. The molecule has 0 atom stereocenters. The Balaban J connectivity index is 2.83. The molecule has 0 fully saturated rings. The van der Waals surface area contributed by atoms with E-state index in [0.29, 0.717) is 0 Å². The summed E-state index contributed by atoms with van der Waals surface area (Å²) in [5.41, 5.74) is 8.49. The zero-order valence-corrected chi connectivity index (χ0v) is 4.47. The number of hydrazine groups is 3. The van der Waals surface area contributed by atoms with E-state index in [2.05, 4.69) is 16.4 Å². The highest BCUT2D eigenvalue weighted by atomic mass is 15.9. The van der Waals surface area contributed by atoms with Gasteiger partial charge in [0.15, 0.2) is 0 Å². The van der Waals surface area contributed by atoms with Gasteiger partial charge in [0.25, 0.3) is 0 Å². The molecule has 0 amide bonds. The lowest BCUT2D eigenvalue weighted by Gasteiger charge is -2.23. The molecule has 44 valence electrons. The molecule has 0 saturated carbocycles. The molecule has 0 aliphatic rings. The van der Waals surface area contributed by atoms with Crippen LogP contribution in [0.5, 0.6) is 0 Å². The molecule has 0 aromatic heterocycles. The van der Waals surface area contributed by atoms with Crippen molar-refractivity contribution < 1.29 is 0 Å². The Morgan fingerprint density at radius 1 is 1.71 bits per heavy atom. The third-order valence-corrected chi connectivity index (χ3v) is 0.449. The number of rotatable bonds is 3. The van der Waals surface area contributed by atoms with Crippen LogP contribution < -0.4 is 16.8 Å². The maximum Gasteiger partial charge on any atom is 0.00141 e. The first-order valence-corrected chi connectivity index (χ1v) is 1.88. The van der Waals surface area contributed by atoms with E-state index in [4.69, 9.17) is 5.84 Å². The molecule has 0 bridgehead atoms. The number of hydrogen-bond acceptors (Lipinski definition) is 4. The van der Waals surface area contributed by atoms with Gasteiger partial charge in [-0.3, -0.25) is 0 Å². The SMILES string of the molecule is C[N-]NN(N)NC. The molecular weight excluding hydrogens is 94.1 g/mol. The predicted octanol–water partition coefficient (Wildman–Crippen LogP) is -1.28. The molecule has 0 rings (SSSR count). The van der Waals surface area contributed by atoms with Gasteiger partial charge in [-0.25, -0.2) is 11.3 Å². The fourth-order valence-corrected chi connectivity index (χ4v) is 0.158. The van der Waals surface area contributed by atoms with Crippen molar-refractivity contribution >= 4 is 0 Å². The van der Waals surface area contributed by atoms with Crippen LogP contribution >= 0.6 is 0 Å². The molecule has 5 heteroatoms. The lowest BCUT2D eigenvalue weighted by molar-refractivity contribution is 0.154. The Bertz CT molecular complexity index is 37.1. The lowest BCUT2D eigenvalue weighted by atomic mass is 11.5. The molecule has 0 saturated heterocycles. The van der Waals surface area contributed by atoms with E-state index in [0.717, 1.165) is 5.23 Å². The van der Waals surface area contributed by atoms with E-state index in [1.54, 1.807) is 14.1 Å². The summed E-state index contributed by atoms with van der Waals surface area (Å²) in [4.78, 5) is 0. The summed E-state index contributed by atoms with van der Waals surface area (Å²) >= 11 is 0. The van der Waals surface area contributed by atoms with Crippen LogP contribution in [0.3, 0.4) is 0 Å². The van der Waals surface area contributed by atoms with Gasteiger partial charge in [-0.2, -0.15) is 7.05 Å². The van der Waals surface area contributed by atoms with Crippen molar-refractivity contribution in [1.82, 2.24) is 16.2 Å². The minimum Gasteiger partial charge on any atom is -0.583 e. The predicted molar refractivity (Wildman–Crippen MR) is 27.5 cm³/mol. The van der Waals surface area contributed by atoms with Crippen LogP contribution in [0.25, 0.3) is 5.43 Å². The van der Waals surface area contributed by atoms with Crippen molar-refractivity contribution in [3.05, 3.63) is 5.43 Å². The van der Waals surface area contributed by atoms with Gasteiger partial charge in [0.2, 0.25) is 0 Å². The largest absolute Gasteiger partial charge is 0.583 e. The fraction of sp³-hybridized carbons (Fsp3) is 1.00. The Morgan fingerprint density at radius 3 is 2.43 bits per heavy atom. The maximum absolute atomic E-state index is 5.10. The smallest absolute Gasteiger partial charge is 0.00141 e. The van der Waals surface area contributed by atoms with Crippen LogP contribution in [0.15, 0.2) is 0 Å². The minimum absolute atomic E-state index is 1.14. The molecular formula is C2H10N5-. The number of nitrogens with zero attached hydrogens (tertiary/aromatic N) is 2. The van der Waals surface area contributed by atoms with Gasteiger partial charge < -0.3 is 11.0 Å². The summed E-state index contributed by atoms with van der Waals surface area (Å²) < 4.78 is 0. The molecule has 0 radical (unpaired) electrons. The summed E-state index contributed by atoms with van der Waals surface area (Å²) in [7, 11) is 3.27. The summed E-state index contributed by atoms with van der Waals surface area (Å²) in [6.45, 7) is 0. The molecule has 7 heavy (non-hydrogen) atoms. The first kappa shape index (κ1) is 6.80. The van der Waals surface area contributed by atoms with Crippen LogP contribution in [0, 0.1) is 0 Å². The molecule has 0 aromatic rings. The van der Waals surface area contributed by atoms with E-state index in [-0.39, 0.29) is 0 Å². The van der Waals surface area contributed by atoms with Gasteiger partial charge in [0, 0.05) is 7.05 Å². The van der Waals surface area contributed by atoms with E-state index in [1.165, 1.54) is 0 Å².